The zero-order chi connectivity index (χ0) is 11.6. The van der Waals surface area contributed by atoms with Crippen molar-refractivity contribution in [3.8, 4) is 0 Å². The monoisotopic (exact) mass is 211 g/mol. The number of H-pyrrole nitrogens is 1. The van der Waals surface area contributed by atoms with E-state index in [1.54, 1.807) is 0 Å². The molecular formula is C8H9N3O4. The average molecular weight is 211 g/mol. The molecule has 15 heavy (non-hydrogen) atoms. The highest BCUT2D eigenvalue weighted by molar-refractivity contribution is 5.99. The lowest BCUT2D eigenvalue weighted by atomic mass is 10.2. The van der Waals surface area contributed by atoms with Crippen LogP contribution in [0.4, 0.5) is 5.82 Å². The van der Waals surface area contributed by atoms with Crippen molar-refractivity contribution >= 4 is 18.0 Å². The minimum absolute atomic E-state index is 0.105. The van der Waals surface area contributed by atoms with E-state index in [0.717, 1.165) is 4.57 Å². The number of hydrogen-bond acceptors (Lipinski definition) is 4. The van der Waals surface area contributed by atoms with Gasteiger partial charge in [-0.1, -0.05) is 0 Å². The number of nitrogens with one attached hydrogen (secondary N) is 2. The first-order valence-corrected chi connectivity index (χ1v) is 4.03. The smallest absolute Gasteiger partial charge is 0.314 e. The Morgan fingerprint density at radius 2 is 2.07 bits per heavy atom. The van der Waals surface area contributed by atoms with E-state index in [4.69, 9.17) is 0 Å². The number of carbonyl (C=O) groups is 2. The lowest BCUT2D eigenvalue weighted by molar-refractivity contribution is -0.105. The molecular weight excluding hydrogens is 202 g/mol. The van der Waals surface area contributed by atoms with E-state index in [2.05, 4.69) is 5.32 Å². The molecule has 7 heteroatoms. The second-order valence-corrected chi connectivity index (χ2v) is 2.86. The lowest BCUT2D eigenvalue weighted by Gasteiger charge is -2.08. The summed E-state index contributed by atoms with van der Waals surface area (Å²) < 4.78 is 0.979. The average Bonchev–Trinajstić information content (AvgIpc) is 2.13. The SMILES string of the molecule is CC(=O)c1c(NC=O)n(C)c(=O)[nH]c1=O. The van der Waals surface area contributed by atoms with Crippen LogP contribution in [0, 0.1) is 0 Å². The normalized spacial score (nSPS) is 9.73. The molecule has 0 radical (unpaired) electrons. The van der Waals surface area contributed by atoms with Crippen molar-refractivity contribution in [2.45, 2.75) is 6.92 Å². The fourth-order valence-electron chi connectivity index (χ4n) is 1.17. The Balaban J connectivity index is 3.69. The van der Waals surface area contributed by atoms with Gasteiger partial charge in [-0.25, -0.2) is 4.79 Å². The van der Waals surface area contributed by atoms with E-state index in [0.29, 0.717) is 6.41 Å². The Hall–Kier alpha value is -2.18. The molecule has 0 aliphatic rings. The number of rotatable bonds is 3. The van der Waals surface area contributed by atoms with Crippen LogP contribution in [0.5, 0.6) is 0 Å². The van der Waals surface area contributed by atoms with Crippen molar-refractivity contribution in [2.75, 3.05) is 5.32 Å². The van der Waals surface area contributed by atoms with Crippen molar-refractivity contribution in [1.82, 2.24) is 9.55 Å². The molecule has 1 amide bonds. The van der Waals surface area contributed by atoms with Gasteiger partial charge in [0.1, 0.15) is 11.4 Å². The molecule has 80 valence electrons. The van der Waals surface area contributed by atoms with Gasteiger partial charge in [0.2, 0.25) is 6.41 Å². The van der Waals surface area contributed by atoms with Gasteiger partial charge in [-0.15, -0.1) is 0 Å². The summed E-state index contributed by atoms with van der Waals surface area (Å²) in [6.07, 6.45) is 0.292. The number of carbonyl (C=O) groups excluding carboxylic acids is 2. The fraction of sp³-hybridized carbons (Fsp3) is 0.250. The highest BCUT2D eigenvalue weighted by Crippen LogP contribution is 2.06. The quantitative estimate of drug-likeness (QED) is 0.486. The minimum Gasteiger partial charge on any atom is -0.314 e. The first-order chi connectivity index (χ1) is 6.99. The number of amides is 1. The Labute approximate surface area is 83.7 Å². The summed E-state index contributed by atoms with van der Waals surface area (Å²) >= 11 is 0. The van der Waals surface area contributed by atoms with E-state index >= 15 is 0 Å². The molecule has 0 saturated heterocycles. The van der Waals surface area contributed by atoms with Crippen LogP contribution in [-0.2, 0) is 11.8 Å². The van der Waals surface area contributed by atoms with E-state index < -0.39 is 17.0 Å². The maximum Gasteiger partial charge on any atom is 0.329 e. The van der Waals surface area contributed by atoms with Crippen LogP contribution < -0.4 is 16.6 Å². The molecule has 0 aliphatic heterocycles. The molecule has 7 nitrogen and oxygen atoms in total. The molecule has 0 aromatic carbocycles. The Morgan fingerprint density at radius 1 is 1.47 bits per heavy atom. The van der Waals surface area contributed by atoms with Gasteiger partial charge in [0.15, 0.2) is 5.78 Å². The van der Waals surface area contributed by atoms with Crippen molar-refractivity contribution in [2.24, 2.45) is 7.05 Å². The fourth-order valence-corrected chi connectivity index (χ4v) is 1.17. The molecule has 0 unspecified atom stereocenters. The summed E-state index contributed by atoms with van der Waals surface area (Å²) in [4.78, 5) is 45.8. The Morgan fingerprint density at radius 3 is 2.53 bits per heavy atom. The standard InChI is InChI=1S/C8H9N3O4/c1-4(13)5-6(9-3-12)11(2)8(15)10-7(5)14/h3H,1-2H3,(H,9,12)(H,10,14,15). The third-order valence-electron chi connectivity index (χ3n) is 1.87. The van der Waals surface area contributed by atoms with Crippen LogP contribution in [-0.4, -0.2) is 21.7 Å². The third-order valence-corrected chi connectivity index (χ3v) is 1.87. The highest BCUT2D eigenvalue weighted by atomic mass is 16.2. The Bertz CT molecular complexity index is 526. The van der Waals surface area contributed by atoms with Crippen molar-refractivity contribution in [1.29, 1.82) is 0 Å². The summed E-state index contributed by atoms with van der Waals surface area (Å²) in [6.45, 7) is 1.17. The van der Waals surface area contributed by atoms with Gasteiger partial charge in [-0.3, -0.25) is 23.9 Å². The van der Waals surface area contributed by atoms with Gasteiger partial charge >= 0.3 is 5.69 Å². The van der Waals surface area contributed by atoms with Crippen LogP contribution >= 0.6 is 0 Å². The molecule has 0 spiro atoms. The number of aromatic amines is 1. The van der Waals surface area contributed by atoms with Gasteiger partial charge in [-0.2, -0.15) is 0 Å². The number of aromatic nitrogens is 2. The maximum absolute atomic E-state index is 11.3. The summed E-state index contributed by atoms with van der Waals surface area (Å²) in [5.41, 5.74) is -1.76. The zero-order valence-corrected chi connectivity index (χ0v) is 8.16. The molecule has 1 aromatic rings. The third kappa shape index (κ3) is 1.85. The van der Waals surface area contributed by atoms with Crippen LogP contribution in [0.3, 0.4) is 0 Å². The number of nitrogens with zero attached hydrogens (tertiary/aromatic N) is 1. The van der Waals surface area contributed by atoms with Gasteiger partial charge in [0.25, 0.3) is 5.56 Å². The van der Waals surface area contributed by atoms with Gasteiger partial charge < -0.3 is 5.32 Å². The van der Waals surface area contributed by atoms with Crippen LogP contribution in [0.25, 0.3) is 0 Å². The van der Waals surface area contributed by atoms with Gasteiger partial charge in [0, 0.05) is 7.05 Å². The highest BCUT2D eigenvalue weighted by Gasteiger charge is 2.15. The van der Waals surface area contributed by atoms with Crippen molar-refractivity contribution in [3.05, 3.63) is 26.4 Å². The van der Waals surface area contributed by atoms with Crippen LogP contribution in [0.15, 0.2) is 9.59 Å². The van der Waals surface area contributed by atoms with Gasteiger partial charge in [-0.05, 0) is 6.92 Å². The summed E-state index contributed by atoms with van der Waals surface area (Å²) in [5, 5.41) is 2.15. The predicted octanol–water partition coefficient (Wildman–Crippen LogP) is -1.16. The predicted molar refractivity (Wildman–Crippen MR) is 52.0 cm³/mol. The number of hydrogen-bond donors (Lipinski definition) is 2. The maximum atomic E-state index is 11.3. The van der Waals surface area contributed by atoms with Gasteiger partial charge in [0.05, 0.1) is 0 Å². The Kier molecular flexibility index (Phi) is 2.84. The molecule has 0 fully saturated rings. The number of ketones is 1. The molecule has 0 bridgehead atoms. The lowest BCUT2D eigenvalue weighted by Crippen LogP contribution is -2.34. The van der Waals surface area contributed by atoms with Crippen LogP contribution in [0.2, 0.25) is 0 Å². The zero-order valence-electron chi connectivity index (χ0n) is 8.16. The molecule has 1 heterocycles. The first-order valence-electron chi connectivity index (χ1n) is 4.03. The van der Waals surface area contributed by atoms with Crippen LogP contribution in [0.1, 0.15) is 17.3 Å². The van der Waals surface area contributed by atoms with E-state index in [1.165, 1.54) is 14.0 Å². The molecule has 0 atom stereocenters. The molecule has 1 aromatic heterocycles. The summed E-state index contributed by atoms with van der Waals surface area (Å²) in [6, 6.07) is 0. The second-order valence-electron chi connectivity index (χ2n) is 2.86. The number of Topliss-reactive ketones (excluding diaryl/α,β-unsaturated/α-hetero) is 1. The largest absolute Gasteiger partial charge is 0.329 e. The van der Waals surface area contributed by atoms with E-state index in [1.807, 2.05) is 4.98 Å². The molecule has 2 N–H and O–H groups in total. The number of anilines is 1. The van der Waals surface area contributed by atoms with E-state index in [9.17, 15) is 19.2 Å². The molecule has 0 aliphatic carbocycles. The van der Waals surface area contributed by atoms with Crippen molar-refractivity contribution < 1.29 is 9.59 Å². The topological polar surface area (TPSA) is 101 Å². The second kappa shape index (κ2) is 3.91. The van der Waals surface area contributed by atoms with E-state index in [-0.39, 0.29) is 11.4 Å². The molecule has 0 saturated carbocycles. The summed E-state index contributed by atoms with van der Waals surface area (Å²) in [5.74, 6) is -0.637. The minimum atomic E-state index is -0.810. The van der Waals surface area contributed by atoms with Crippen molar-refractivity contribution in [3.63, 3.8) is 0 Å². The first kappa shape index (κ1) is 10.9. The summed E-state index contributed by atoms with van der Waals surface area (Å²) in [7, 11) is 1.33. The molecule has 1 rings (SSSR count).